The molecule has 23 heavy (non-hydrogen) atoms. The summed E-state index contributed by atoms with van der Waals surface area (Å²) in [7, 11) is 1.73. The minimum Gasteiger partial charge on any atom is -0.369 e. The maximum Gasteiger partial charge on any atom is 0.237 e. The summed E-state index contributed by atoms with van der Waals surface area (Å²) in [4.78, 5) is 27.2. The molecule has 6 nitrogen and oxygen atoms in total. The average molecular weight is 318 g/mol. The highest BCUT2D eigenvalue weighted by Gasteiger charge is 2.27. The molecule has 0 saturated carbocycles. The lowest BCUT2D eigenvalue weighted by molar-refractivity contribution is -0.127. The van der Waals surface area contributed by atoms with Gasteiger partial charge in [-0.05, 0) is 26.0 Å². The number of rotatable bonds is 7. The van der Waals surface area contributed by atoms with Gasteiger partial charge >= 0.3 is 0 Å². The van der Waals surface area contributed by atoms with Gasteiger partial charge in [0, 0.05) is 25.7 Å². The third-order valence-electron chi connectivity index (χ3n) is 4.31. The molecule has 0 unspecified atom stereocenters. The molecular formula is C17H26N4O2. The van der Waals surface area contributed by atoms with Crippen LogP contribution >= 0.6 is 0 Å². The smallest absolute Gasteiger partial charge is 0.237 e. The molecule has 0 bridgehead atoms. The van der Waals surface area contributed by atoms with Crippen LogP contribution in [0.3, 0.4) is 0 Å². The summed E-state index contributed by atoms with van der Waals surface area (Å²) in [6, 6.07) is 10.1. The van der Waals surface area contributed by atoms with Crippen LogP contribution in [-0.2, 0) is 16.1 Å². The highest BCUT2D eigenvalue weighted by atomic mass is 16.2. The zero-order valence-corrected chi connectivity index (χ0v) is 13.9. The molecule has 6 heteroatoms. The van der Waals surface area contributed by atoms with Crippen LogP contribution < -0.4 is 11.1 Å². The Labute approximate surface area is 137 Å². The molecule has 1 aromatic rings. The van der Waals surface area contributed by atoms with Crippen LogP contribution in [0.15, 0.2) is 30.3 Å². The molecule has 2 amide bonds. The lowest BCUT2D eigenvalue weighted by Gasteiger charge is -2.24. The van der Waals surface area contributed by atoms with E-state index in [4.69, 9.17) is 5.73 Å². The van der Waals surface area contributed by atoms with Crippen molar-refractivity contribution >= 4 is 11.8 Å². The Balaban J connectivity index is 1.78. The fourth-order valence-corrected chi connectivity index (χ4v) is 2.84. The van der Waals surface area contributed by atoms with E-state index in [1.54, 1.807) is 18.9 Å². The normalized spacial score (nSPS) is 19.7. The summed E-state index contributed by atoms with van der Waals surface area (Å²) in [5.74, 6) is -0.484. The van der Waals surface area contributed by atoms with Crippen molar-refractivity contribution in [1.29, 1.82) is 0 Å². The van der Waals surface area contributed by atoms with Gasteiger partial charge in [-0.25, -0.2) is 0 Å². The van der Waals surface area contributed by atoms with Gasteiger partial charge in [-0.2, -0.15) is 0 Å². The summed E-state index contributed by atoms with van der Waals surface area (Å²) in [6.07, 6.45) is 0.949. The Morgan fingerprint density at radius 1 is 1.39 bits per heavy atom. The number of primary amides is 1. The number of nitrogens with one attached hydrogen (secondary N) is 1. The Bertz CT molecular complexity index is 535. The van der Waals surface area contributed by atoms with Crippen LogP contribution in [0.5, 0.6) is 0 Å². The van der Waals surface area contributed by atoms with Crippen LogP contribution in [0.2, 0.25) is 0 Å². The number of likely N-dealkylation sites (N-methyl/N-ethyl adjacent to an activating group) is 1. The van der Waals surface area contributed by atoms with Crippen LogP contribution in [0.25, 0.3) is 0 Å². The molecule has 1 heterocycles. The molecule has 126 valence electrons. The lowest BCUT2D eigenvalue weighted by atomic mass is 10.2. The average Bonchev–Trinajstić information content (AvgIpc) is 2.93. The number of carbonyl (C=O) groups is 2. The van der Waals surface area contributed by atoms with Gasteiger partial charge in [-0.1, -0.05) is 30.3 Å². The monoisotopic (exact) mass is 318 g/mol. The first-order chi connectivity index (χ1) is 11.0. The van der Waals surface area contributed by atoms with Crippen molar-refractivity contribution in [3.8, 4) is 0 Å². The maximum atomic E-state index is 12.3. The first-order valence-corrected chi connectivity index (χ1v) is 8.01. The Kier molecular flexibility index (Phi) is 6.12. The quantitative estimate of drug-likeness (QED) is 0.752. The molecule has 0 spiro atoms. The van der Waals surface area contributed by atoms with E-state index in [1.165, 1.54) is 5.56 Å². The van der Waals surface area contributed by atoms with E-state index in [-0.39, 0.29) is 24.5 Å². The SMILES string of the molecule is C[C@H](C(=O)N[C@H]1CCN(Cc2ccccc2)C1)N(C)CC(N)=O. The molecule has 1 aromatic carbocycles. The third-order valence-corrected chi connectivity index (χ3v) is 4.31. The van der Waals surface area contributed by atoms with Crippen LogP contribution in [-0.4, -0.2) is 60.4 Å². The number of carbonyl (C=O) groups excluding carboxylic acids is 2. The number of benzene rings is 1. The fraction of sp³-hybridized carbons (Fsp3) is 0.529. The number of likely N-dealkylation sites (tertiary alicyclic amines) is 1. The minimum absolute atomic E-state index is 0.0553. The van der Waals surface area contributed by atoms with E-state index in [2.05, 4.69) is 22.3 Å². The Morgan fingerprint density at radius 3 is 2.74 bits per heavy atom. The summed E-state index contributed by atoms with van der Waals surface area (Å²) < 4.78 is 0. The molecule has 1 aliphatic heterocycles. The Hall–Kier alpha value is -1.92. The van der Waals surface area contributed by atoms with Gasteiger partial charge in [0.25, 0.3) is 0 Å². The number of nitrogens with two attached hydrogens (primary N) is 1. The van der Waals surface area contributed by atoms with Crippen molar-refractivity contribution in [2.45, 2.75) is 32.0 Å². The largest absolute Gasteiger partial charge is 0.369 e. The van der Waals surface area contributed by atoms with Crippen LogP contribution in [0.4, 0.5) is 0 Å². The van der Waals surface area contributed by atoms with Crippen molar-refractivity contribution in [2.24, 2.45) is 5.73 Å². The molecule has 2 rings (SSSR count). The molecule has 2 atom stereocenters. The third kappa shape index (κ3) is 5.33. The van der Waals surface area contributed by atoms with Crippen molar-refractivity contribution < 1.29 is 9.59 Å². The van der Waals surface area contributed by atoms with E-state index in [0.717, 1.165) is 26.1 Å². The van der Waals surface area contributed by atoms with Crippen molar-refractivity contribution in [1.82, 2.24) is 15.1 Å². The summed E-state index contributed by atoms with van der Waals surface area (Å²) in [5, 5.41) is 3.07. The van der Waals surface area contributed by atoms with E-state index in [1.807, 2.05) is 18.2 Å². The second-order valence-electron chi connectivity index (χ2n) is 6.27. The molecule has 0 radical (unpaired) electrons. The molecule has 1 fully saturated rings. The first-order valence-electron chi connectivity index (χ1n) is 8.01. The summed E-state index contributed by atoms with van der Waals surface area (Å²) in [5.41, 5.74) is 6.45. The molecule has 1 aliphatic rings. The van der Waals surface area contributed by atoms with Crippen LogP contribution in [0, 0.1) is 0 Å². The standard InChI is InChI=1S/C17H26N4O2/c1-13(20(2)12-16(18)22)17(23)19-15-8-9-21(11-15)10-14-6-4-3-5-7-14/h3-7,13,15H,8-12H2,1-2H3,(H2,18,22)(H,19,23)/t13-,15+/m1/s1. The predicted octanol–water partition coefficient (Wildman–Crippen LogP) is 0.183. The van der Waals surface area contributed by atoms with E-state index < -0.39 is 5.91 Å². The molecule has 0 aromatic heterocycles. The number of nitrogens with zero attached hydrogens (tertiary/aromatic N) is 2. The van der Waals surface area contributed by atoms with Crippen LogP contribution in [0.1, 0.15) is 18.9 Å². The van der Waals surface area contributed by atoms with Gasteiger partial charge in [0.2, 0.25) is 11.8 Å². The first kappa shape index (κ1) is 17.4. The topological polar surface area (TPSA) is 78.7 Å². The lowest BCUT2D eigenvalue weighted by Crippen LogP contribution is -2.49. The zero-order chi connectivity index (χ0) is 16.8. The predicted molar refractivity (Wildman–Crippen MR) is 89.6 cm³/mol. The fourth-order valence-electron chi connectivity index (χ4n) is 2.84. The highest BCUT2D eigenvalue weighted by Crippen LogP contribution is 2.13. The molecule has 3 N–H and O–H groups in total. The van der Waals surface area contributed by atoms with Gasteiger partial charge in [0.05, 0.1) is 12.6 Å². The highest BCUT2D eigenvalue weighted by molar-refractivity contribution is 5.83. The number of amides is 2. The van der Waals surface area contributed by atoms with Gasteiger partial charge in [0.1, 0.15) is 0 Å². The second kappa shape index (κ2) is 8.08. The molecule has 0 aliphatic carbocycles. The minimum atomic E-state index is -0.429. The second-order valence-corrected chi connectivity index (χ2v) is 6.27. The van der Waals surface area contributed by atoms with E-state index >= 15 is 0 Å². The zero-order valence-electron chi connectivity index (χ0n) is 13.9. The molecule has 1 saturated heterocycles. The number of hydrogen-bond donors (Lipinski definition) is 2. The summed E-state index contributed by atoms with van der Waals surface area (Å²) >= 11 is 0. The number of hydrogen-bond acceptors (Lipinski definition) is 4. The van der Waals surface area contributed by atoms with E-state index in [0.29, 0.717) is 0 Å². The maximum absolute atomic E-state index is 12.3. The van der Waals surface area contributed by atoms with Gasteiger partial charge < -0.3 is 11.1 Å². The van der Waals surface area contributed by atoms with Gasteiger partial charge in [-0.3, -0.25) is 19.4 Å². The van der Waals surface area contributed by atoms with E-state index in [9.17, 15) is 9.59 Å². The van der Waals surface area contributed by atoms with Gasteiger partial charge in [-0.15, -0.1) is 0 Å². The van der Waals surface area contributed by atoms with Crippen molar-refractivity contribution in [3.05, 3.63) is 35.9 Å². The van der Waals surface area contributed by atoms with Crippen molar-refractivity contribution in [2.75, 3.05) is 26.7 Å². The summed E-state index contributed by atoms with van der Waals surface area (Å²) in [6.45, 7) is 4.61. The Morgan fingerprint density at radius 2 is 2.09 bits per heavy atom. The molecular weight excluding hydrogens is 292 g/mol. The van der Waals surface area contributed by atoms with Gasteiger partial charge in [0.15, 0.2) is 0 Å². The van der Waals surface area contributed by atoms with Crippen molar-refractivity contribution in [3.63, 3.8) is 0 Å².